The maximum absolute atomic E-state index is 11.9. The molecule has 0 fully saturated rings. The quantitative estimate of drug-likeness (QED) is 0.304. The van der Waals surface area contributed by atoms with Crippen LogP contribution in [0.25, 0.3) is 0 Å². The normalized spacial score (nSPS) is 10.6. The van der Waals surface area contributed by atoms with E-state index in [0.29, 0.717) is 21.6 Å². The number of amides is 2. The van der Waals surface area contributed by atoms with E-state index in [1.807, 2.05) is 13.8 Å². The van der Waals surface area contributed by atoms with Crippen LogP contribution in [0.5, 0.6) is 0 Å². The number of hydrogen-bond acceptors (Lipinski definition) is 8. The molecule has 9 nitrogen and oxygen atoms in total. The molecule has 138 valence electrons. The van der Waals surface area contributed by atoms with E-state index in [9.17, 15) is 19.7 Å². The Bertz CT molecular complexity index is 792. The van der Waals surface area contributed by atoms with Gasteiger partial charge in [-0.05, 0) is 18.1 Å². The van der Waals surface area contributed by atoms with E-state index in [-0.39, 0.29) is 29.2 Å². The molecule has 1 aromatic heterocycles. The number of anilines is 2. The average molecular weight is 395 g/mol. The molecule has 0 unspecified atom stereocenters. The van der Waals surface area contributed by atoms with Crippen molar-refractivity contribution in [1.82, 2.24) is 10.2 Å². The number of benzene rings is 1. The first kappa shape index (κ1) is 19.8. The molecule has 2 N–H and O–H groups in total. The number of thioether (sulfide) groups is 1. The summed E-state index contributed by atoms with van der Waals surface area (Å²) in [6.45, 7) is 3.90. The zero-order chi connectivity index (χ0) is 19.1. The molecule has 0 spiro atoms. The van der Waals surface area contributed by atoms with Crippen LogP contribution in [-0.2, 0) is 9.59 Å². The van der Waals surface area contributed by atoms with E-state index in [0.717, 1.165) is 0 Å². The molecule has 26 heavy (non-hydrogen) atoms. The molecule has 0 bridgehead atoms. The van der Waals surface area contributed by atoms with Gasteiger partial charge in [-0.1, -0.05) is 36.9 Å². The Kier molecular flexibility index (Phi) is 7.04. The predicted octanol–water partition coefficient (Wildman–Crippen LogP) is 3.16. The summed E-state index contributed by atoms with van der Waals surface area (Å²) >= 11 is 2.39. The lowest BCUT2D eigenvalue weighted by molar-refractivity contribution is -0.384. The number of nitro benzene ring substituents is 1. The van der Waals surface area contributed by atoms with Crippen molar-refractivity contribution in [3.63, 3.8) is 0 Å². The lowest BCUT2D eigenvalue weighted by Crippen LogP contribution is -2.13. The van der Waals surface area contributed by atoms with Gasteiger partial charge in [-0.2, -0.15) is 0 Å². The second kappa shape index (κ2) is 9.25. The molecule has 0 atom stereocenters. The number of nitro groups is 1. The van der Waals surface area contributed by atoms with Crippen molar-refractivity contribution in [2.75, 3.05) is 16.4 Å². The van der Waals surface area contributed by atoms with Crippen LogP contribution in [0.1, 0.15) is 20.3 Å². The van der Waals surface area contributed by atoms with Crippen LogP contribution in [0.15, 0.2) is 28.6 Å². The van der Waals surface area contributed by atoms with Gasteiger partial charge in [-0.25, -0.2) is 0 Å². The van der Waals surface area contributed by atoms with Gasteiger partial charge in [0.2, 0.25) is 16.9 Å². The number of carbonyl (C=O) groups excluding carboxylic acids is 2. The number of non-ortho nitro benzene ring substituents is 1. The summed E-state index contributed by atoms with van der Waals surface area (Å²) in [6.07, 6.45) is 0.402. The van der Waals surface area contributed by atoms with Crippen LogP contribution in [0.4, 0.5) is 16.5 Å². The first-order valence-electron chi connectivity index (χ1n) is 7.64. The van der Waals surface area contributed by atoms with Crippen molar-refractivity contribution >= 4 is 51.4 Å². The van der Waals surface area contributed by atoms with Gasteiger partial charge in [-0.15, -0.1) is 10.2 Å². The lowest BCUT2D eigenvalue weighted by Gasteiger charge is -2.03. The Labute approximate surface area is 157 Å². The number of aromatic nitrogens is 2. The fourth-order valence-corrected chi connectivity index (χ4v) is 3.42. The third-order valence-corrected chi connectivity index (χ3v) is 4.91. The highest BCUT2D eigenvalue weighted by Crippen LogP contribution is 2.26. The van der Waals surface area contributed by atoms with Gasteiger partial charge in [0, 0.05) is 24.2 Å². The minimum absolute atomic E-state index is 0.0433. The minimum Gasteiger partial charge on any atom is -0.325 e. The van der Waals surface area contributed by atoms with E-state index in [1.54, 1.807) is 0 Å². The summed E-state index contributed by atoms with van der Waals surface area (Å²) < 4.78 is 0.559. The topological polar surface area (TPSA) is 127 Å². The molecule has 0 aliphatic heterocycles. The number of rotatable bonds is 8. The van der Waals surface area contributed by atoms with Crippen molar-refractivity contribution < 1.29 is 14.5 Å². The van der Waals surface area contributed by atoms with Crippen molar-refractivity contribution in [3.05, 3.63) is 34.4 Å². The third kappa shape index (κ3) is 6.41. The van der Waals surface area contributed by atoms with Crippen molar-refractivity contribution in [1.29, 1.82) is 0 Å². The van der Waals surface area contributed by atoms with E-state index in [2.05, 4.69) is 20.8 Å². The largest absolute Gasteiger partial charge is 0.325 e. The predicted molar refractivity (Wildman–Crippen MR) is 100 cm³/mol. The lowest BCUT2D eigenvalue weighted by atomic mass is 10.1. The van der Waals surface area contributed by atoms with Crippen molar-refractivity contribution in [3.8, 4) is 0 Å². The van der Waals surface area contributed by atoms with Crippen LogP contribution in [0.3, 0.4) is 0 Å². The number of hydrogen-bond donors (Lipinski definition) is 2. The summed E-state index contributed by atoms with van der Waals surface area (Å²) in [5.41, 5.74) is 0.429. The first-order chi connectivity index (χ1) is 12.3. The summed E-state index contributed by atoms with van der Waals surface area (Å²) in [4.78, 5) is 33.7. The molecule has 0 saturated heterocycles. The highest BCUT2D eigenvalue weighted by atomic mass is 32.2. The van der Waals surface area contributed by atoms with Crippen LogP contribution < -0.4 is 10.6 Å². The smallest absolute Gasteiger partial charge is 0.269 e. The molecule has 1 heterocycles. The summed E-state index contributed by atoms with van der Waals surface area (Å²) in [5.74, 6) is -0.0427. The summed E-state index contributed by atoms with van der Waals surface area (Å²) in [7, 11) is 0. The molecule has 11 heteroatoms. The average Bonchev–Trinajstić information content (AvgIpc) is 3.00. The maximum Gasteiger partial charge on any atom is 0.269 e. The van der Waals surface area contributed by atoms with Crippen LogP contribution in [0.2, 0.25) is 0 Å². The van der Waals surface area contributed by atoms with Crippen molar-refractivity contribution in [2.45, 2.75) is 24.6 Å². The first-order valence-corrected chi connectivity index (χ1v) is 9.44. The number of carbonyl (C=O) groups is 2. The van der Waals surface area contributed by atoms with E-state index in [1.165, 1.54) is 47.4 Å². The van der Waals surface area contributed by atoms with E-state index < -0.39 is 4.92 Å². The number of nitrogens with one attached hydrogen (secondary N) is 2. The highest BCUT2D eigenvalue weighted by Gasteiger charge is 2.12. The van der Waals surface area contributed by atoms with Gasteiger partial charge in [-0.3, -0.25) is 19.7 Å². The second-order valence-corrected chi connectivity index (χ2v) is 7.86. The molecule has 0 aliphatic rings. The third-order valence-electron chi connectivity index (χ3n) is 2.94. The van der Waals surface area contributed by atoms with E-state index >= 15 is 0 Å². The van der Waals surface area contributed by atoms with Gasteiger partial charge in [0.15, 0.2) is 4.34 Å². The molecule has 0 radical (unpaired) electrons. The molecule has 2 amide bonds. The Hall–Kier alpha value is -2.53. The second-order valence-electron chi connectivity index (χ2n) is 5.66. The van der Waals surface area contributed by atoms with Crippen LogP contribution in [0, 0.1) is 16.0 Å². The fraction of sp³-hybridized carbons (Fsp3) is 0.333. The Morgan fingerprint density at radius 3 is 2.50 bits per heavy atom. The molecule has 1 aromatic carbocycles. The molecular weight excluding hydrogens is 378 g/mol. The summed E-state index contributed by atoms with van der Waals surface area (Å²) in [5, 5.41) is 24.1. The SMILES string of the molecule is CC(C)CC(=O)Nc1nnc(SCC(=O)Nc2ccc([N+](=O)[O-])cc2)s1. The van der Waals surface area contributed by atoms with Crippen LogP contribution >= 0.6 is 23.1 Å². The van der Waals surface area contributed by atoms with E-state index in [4.69, 9.17) is 0 Å². The van der Waals surface area contributed by atoms with Gasteiger partial charge >= 0.3 is 0 Å². The zero-order valence-electron chi connectivity index (χ0n) is 14.1. The standard InChI is InChI=1S/C15H17N5O4S2/c1-9(2)7-12(21)17-14-18-19-15(26-14)25-8-13(22)16-10-3-5-11(6-4-10)20(23)24/h3-6,9H,7-8H2,1-2H3,(H,16,22)(H,17,18,21). The monoisotopic (exact) mass is 395 g/mol. The van der Waals surface area contributed by atoms with Gasteiger partial charge < -0.3 is 10.6 Å². The van der Waals surface area contributed by atoms with Gasteiger partial charge in [0.25, 0.3) is 5.69 Å². The zero-order valence-corrected chi connectivity index (χ0v) is 15.7. The molecule has 2 rings (SSSR count). The van der Waals surface area contributed by atoms with Crippen molar-refractivity contribution in [2.24, 2.45) is 5.92 Å². The van der Waals surface area contributed by atoms with Gasteiger partial charge in [0.1, 0.15) is 0 Å². The maximum atomic E-state index is 11.9. The fourth-order valence-electron chi connectivity index (χ4n) is 1.85. The Morgan fingerprint density at radius 2 is 1.88 bits per heavy atom. The molecule has 0 aliphatic carbocycles. The van der Waals surface area contributed by atoms with Crippen LogP contribution in [-0.4, -0.2) is 32.7 Å². The molecule has 0 saturated carbocycles. The highest BCUT2D eigenvalue weighted by molar-refractivity contribution is 8.01. The summed E-state index contributed by atoms with van der Waals surface area (Å²) in [6, 6.07) is 5.57. The molecular formula is C15H17N5O4S2. The Morgan fingerprint density at radius 1 is 1.19 bits per heavy atom. The molecule has 2 aromatic rings. The number of nitrogens with zero attached hydrogens (tertiary/aromatic N) is 3. The minimum atomic E-state index is -0.506. The van der Waals surface area contributed by atoms with Gasteiger partial charge in [0.05, 0.1) is 10.7 Å². The Balaban J connectivity index is 1.80.